The van der Waals surface area contributed by atoms with Crippen molar-refractivity contribution in [1.82, 2.24) is 15.1 Å². The Hall–Kier alpha value is -2.72. The van der Waals surface area contributed by atoms with Gasteiger partial charge in [0, 0.05) is 23.2 Å². The number of carbonyl (C=O) groups is 1. The van der Waals surface area contributed by atoms with Crippen LogP contribution in [0.15, 0.2) is 35.1 Å². The molecular weight excluding hydrogens is 335 g/mol. The van der Waals surface area contributed by atoms with E-state index in [0.717, 1.165) is 10.7 Å². The minimum Gasteiger partial charge on any atom is -0.331 e. The summed E-state index contributed by atoms with van der Waals surface area (Å²) in [6.07, 6.45) is 0.670. The predicted molar refractivity (Wildman–Crippen MR) is 86.0 cm³/mol. The molecule has 0 unspecified atom stereocenters. The second-order valence-corrected chi connectivity index (χ2v) is 5.36. The fraction of sp³-hybridized carbons (Fsp3) is 0.250. The van der Waals surface area contributed by atoms with E-state index >= 15 is 0 Å². The molecule has 1 heterocycles. The van der Waals surface area contributed by atoms with E-state index < -0.39 is 17.8 Å². The molecule has 0 saturated heterocycles. The first kappa shape index (κ1) is 17.6. The van der Waals surface area contributed by atoms with Crippen LogP contribution < -0.4 is 10.9 Å². The molecule has 24 heavy (non-hydrogen) atoms. The molecule has 0 aliphatic carbocycles. The lowest BCUT2D eigenvalue weighted by molar-refractivity contribution is 0.0937. The van der Waals surface area contributed by atoms with Crippen LogP contribution in [0, 0.1) is 17.1 Å². The quantitative estimate of drug-likeness (QED) is 0.898. The highest BCUT2D eigenvalue weighted by molar-refractivity contribution is 6.31. The number of benzene rings is 1. The van der Waals surface area contributed by atoms with E-state index in [9.17, 15) is 19.2 Å². The summed E-state index contributed by atoms with van der Waals surface area (Å²) in [5.41, 5.74) is -0.491. The minimum absolute atomic E-state index is 0.0331. The average Bonchev–Trinajstić information content (AvgIpc) is 2.55. The first-order chi connectivity index (χ1) is 11.5. The van der Waals surface area contributed by atoms with E-state index in [-0.39, 0.29) is 21.8 Å². The highest BCUT2D eigenvalue weighted by Crippen LogP contribution is 2.25. The Kier molecular flexibility index (Phi) is 5.66. The maximum absolute atomic E-state index is 13.9. The molecular formula is C16H14ClFN4O2. The molecule has 6 nitrogen and oxygen atoms in total. The van der Waals surface area contributed by atoms with Gasteiger partial charge >= 0.3 is 0 Å². The zero-order chi connectivity index (χ0) is 17.7. The van der Waals surface area contributed by atoms with Crippen LogP contribution in [-0.4, -0.2) is 15.7 Å². The molecule has 0 saturated carbocycles. The number of hydrogen-bond acceptors (Lipinski definition) is 4. The van der Waals surface area contributed by atoms with Gasteiger partial charge < -0.3 is 5.32 Å². The van der Waals surface area contributed by atoms with E-state index in [1.54, 1.807) is 6.07 Å². The van der Waals surface area contributed by atoms with Crippen molar-refractivity contribution in [2.24, 2.45) is 0 Å². The number of rotatable bonds is 5. The van der Waals surface area contributed by atoms with Crippen LogP contribution in [0.25, 0.3) is 0 Å². The summed E-state index contributed by atoms with van der Waals surface area (Å²) >= 11 is 5.92. The van der Waals surface area contributed by atoms with Crippen LogP contribution in [0.1, 0.15) is 35.4 Å². The summed E-state index contributed by atoms with van der Waals surface area (Å²) in [4.78, 5) is 23.9. The van der Waals surface area contributed by atoms with Crippen molar-refractivity contribution in [2.75, 3.05) is 0 Å². The van der Waals surface area contributed by atoms with Crippen LogP contribution in [0.5, 0.6) is 0 Å². The van der Waals surface area contributed by atoms with Crippen LogP contribution in [0.2, 0.25) is 5.02 Å². The van der Waals surface area contributed by atoms with Crippen molar-refractivity contribution in [3.8, 4) is 6.07 Å². The molecule has 0 aliphatic heterocycles. The van der Waals surface area contributed by atoms with Crippen molar-refractivity contribution >= 4 is 17.5 Å². The van der Waals surface area contributed by atoms with E-state index in [1.165, 1.54) is 24.3 Å². The number of nitrogens with one attached hydrogen (secondary N) is 1. The van der Waals surface area contributed by atoms with Crippen LogP contribution in [-0.2, 0) is 6.54 Å². The highest BCUT2D eigenvalue weighted by Gasteiger charge is 2.22. The van der Waals surface area contributed by atoms with E-state index in [1.807, 2.05) is 6.92 Å². The topological polar surface area (TPSA) is 87.8 Å². The molecule has 1 atom stereocenters. The Morgan fingerprint density at radius 3 is 2.83 bits per heavy atom. The van der Waals surface area contributed by atoms with Gasteiger partial charge in [-0.25, -0.2) is 9.07 Å². The van der Waals surface area contributed by atoms with Crippen molar-refractivity contribution in [3.63, 3.8) is 0 Å². The lowest BCUT2D eigenvalue weighted by Gasteiger charge is -2.14. The van der Waals surface area contributed by atoms with Crippen LogP contribution in [0.4, 0.5) is 4.39 Å². The third-order valence-corrected chi connectivity index (χ3v) is 3.56. The summed E-state index contributed by atoms with van der Waals surface area (Å²) in [5, 5.41) is 15.6. The highest BCUT2D eigenvalue weighted by atomic mass is 35.5. The Labute approximate surface area is 142 Å². The summed E-state index contributed by atoms with van der Waals surface area (Å²) in [6.45, 7) is 2.23. The molecule has 2 rings (SSSR count). The summed E-state index contributed by atoms with van der Waals surface area (Å²) in [5.74, 6) is -1.40. The van der Waals surface area contributed by atoms with Crippen molar-refractivity contribution < 1.29 is 9.18 Å². The third kappa shape index (κ3) is 3.78. The maximum Gasteiger partial charge on any atom is 0.273 e. The number of nitriles is 1. The number of nitrogens with zero attached hydrogens (tertiary/aromatic N) is 3. The molecule has 1 aromatic carbocycles. The molecule has 0 radical (unpaired) electrons. The number of carbonyl (C=O) groups excluding carboxylic acids is 1. The van der Waals surface area contributed by atoms with Gasteiger partial charge in [0.2, 0.25) is 0 Å². The Bertz CT molecular complexity index is 840. The summed E-state index contributed by atoms with van der Waals surface area (Å²) in [7, 11) is 0. The lowest BCUT2D eigenvalue weighted by atomic mass is 10.1. The second kappa shape index (κ2) is 7.70. The fourth-order valence-corrected chi connectivity index (χ4v) is 2.37. The predicted octanol–water partition coefficient (Wildman–Crippen LogP) is 2.44. The van der Waals surface area contributed by atoms with Crippen molar-refractivity contribution in [1.29, 1.82) is 5.26 Å². The molecule has 0 fully saturated rings. The van der Waals surface area contributed by atoms with E-state index in [0.29, 0.717) is 13.0 Å². The van der Waals surface area contributed by atoms with Gasteiger partial charge in [0.25, 0.3) is 11.5 Å². The first-order valence-corrected chi connectivity index (χ1v) is 7.58. The number of hydrogen-bond donors (Lipinski definition) is 1. The molecule has 8 heteroatoms. The summed E-state index contributed by atoms with van der Waals surface area (Å²) < 4.78 is 15.1. The van der Waals surface area contributed by atoms with Crippen LogP contribution >= 0.6 is 11.6 Å². The van der Waals surface area contributed by atoms with Gasteiger partial charge in [-0.1, -0.05) is 24.6 Å². The smallest absolute Gasteiger partial charge is 0.273 e. The first-order valence-electron chi connectivity index (χ1n) is 7.20. The fourth-order valence-electron chi connectivity index (χ4n) is 2.10. The van der Waals surface area contributed by atoms with Gasteiger partial charge in [0.15, 0.2) is 0 Å². The largest absolute Gasteiger partial charge is 0.331 e. The van der Waals surface area contributed by atoms with Crippen molar-refractivity contribution in [3.05, 3.63) is 62.8 Å². The average molecular weight is 349 g/mol. The van der Waals surface area contributed by atoms with Gasteiger partial charge in [-0.15, -0.1) is 0 Å². The van der Waals surface area contributed by atoms with Crippen molar-refractivity contribution in [2.45, 2.75) is 25.9 Å². The van der Waals surface area contributed by atoms with Gasteiger partial charge in [-0.2, -0.15) is 10.4 Å². The zero-order valence-corrected chi connectivity index (χ0v) is 13.5. The lowest BCUT2D eigenvalue weighted by Crippen LogP contribution is -2.32. The van der Waals surface area contributed by atoms with E-state index in [4.69, 9.17) is 11.6 Å². The number of aromatic nitrogens is 2. The molecule has 124 valence electrons. The SMILES string of the molecule is CCCn1nc(C(=O)N[C@@H](C#N)c2c(F)cccc2Cl)ccc1=O. The van der Waals surface area contributed by atoms with Gasteiger partial charge in [0.1, 0.15) is 17.6 Å². The number of halogens is 2. The zero-order valence-electron chi connectivity index (χ0n) is 12.8. The molecule has 0 aliphatic rings. The molecule has 0 bridgehead atoms. The Balaban J connectivity index is 2.29. The Morgan fingerprint density at radius 2 is 2.21 bits per heavy atom. The second-order valence-electron chi connectivity index (χ2n) is 4.95. The standard InChI is InChI=1S/C16H14ClFN4O2/c1-2-8-22-14(23)7-6-12(21-22)16(24)20-13(9-19)15-10(17)4-3-5-11(15)18/h3-7,13H,2,8H2,1H3,(H,20,24)/t13-/m0/s1. The monoisotopic (exact) mass is 348 g/mol. The summed E-state index contributed by atoms with van der Waals surface area (Å²) in [6, 6.07) is 6.97. The third-order valence-electron chi connectivity index (χ3n) is 3.23. The molecule has 1 amide bonds. The Morgan fingerprint density at radius 1 is 1.46 bits per heavy atom. The maximum atomic E-state index is 13.9. The molecule has 0 spiro atoms. The van der Waals surface area contributed by atoms with Crippen LogP contribution in [0.3, 0.4) is 0 Å². The number of amides is 1. The normalized spacial score (nSPS) is 11.6. The molecule has 1 N–H and O–H groups in total. The minimum atomic E-state index is -1.28. The van der Waals surface area contributed by atoms with E-state index in [2.05, 4.69) is 10.4 Å². The van der Waals surface area contributed by atoms with Gasteiger partial charge in [-0.3, -0.25) is 9.59 Å². The number of aryl methyl sites for hydroxylation is 1. The molecule has 2 aromatic rings. The molecule has 1 aromatic heterocycles. The van der Waals surface area contributed by atoms with Gasteiger partial charge in [0.05, 0.1) is 6.07 Å². The van der Waals surface area contributed by atoms with Gasteiger partial charge in [-0.05, 0) is 24.6 Å².